The van der Waals surface area contributed by atoms with E-state index in [2.05, 4.69) is 18.3 Å². The zero-order chi connectivity index (χ0) is 13.8. The fraction of sp³-hybridized carbons (Fsp3) is 0.562. The summed E-state index contributed by atoms with van der Waals surface area (Å²) in [5, 5.41) is 2.95. The molecule has 0 radical (unpaired) electrons. The Morgan fingerprint density at radius 1 is 1.37 bits per heavy atom. The average molecular weight is 259 g/mol. The molecule has 0 aromatic heterocycles. The summed E-state index contributed by atoms with van der Waals surface area (Å²) >= 11 is 0. The van der Waals surface area contributed by atoms with E-state index < -0.39 is 0 Å². The molecule has 1 amide bonds. The number of anilines is 1. The molecule has 3 unspecified atom stereocenters. The summed E-state index contributed by atoms with van der Waals surface area (Å²) in [5.41, 5.74) is 1.75. The van der Waals surface area contributed by atoms with Crippen LogP contribution >= 0.6 is 0 Å². The Bertz CT molecular complexity index is 530. The number of benzene rings is 1. The van der Waals surface area contributed by atoms with Crippen LogP contribution in [-0.4, -0.2) is 12.5 Å². The molecule has 3 nitrogen and oxygen atoms in total. The molecular weight excluding hydrogens is 238 g/mol. The van der Waals surface area contributed by atoms with Crippen molar-refractivity contribution in [3.8, 4) is 5.75 Å². The van der Waals surface area contributed by atoms with Gasteiger partial charge in [-0.3, -0.25) is 4.79 Å². The Morgan fingerprint density at radius 3 is 2.79 bits per heavy atom. The van der Waals surface area contributed by atoms with Crippen LogP contribution in [-0.2, 0) is 4.79 Å². The van der Waals surface area contributed by atoms with Gasteiger partial charge in [-0.25, -0.2) is 0 Å². The SMILES string of the molecule is CC1C2COc3cc(NC(=O)C(C)(C)C)ccc3C12. The van der Waals surface area contributed by atoms with Gasteiger partial charge in [0.05, 0.1) is 6.61 Å². The molecule has 102 valence electrons. The topological polar surface area (TPSA) is 38.3 Å². The van der Waals surface area contributed by atoms with E-state index in [-0.39, 0.29) is 11.3 Å². The Kier molecular flexibility index (Phi) is 2.63. The summed E-state index contributed by atoms with van der Waals surface area (Å²) in [7, 11) is 0. The molecule has 1 aliphatic heterocycles. The highest BCUT2D eigenvalue weighted by molar-refractivity contribution is 5.94. The van der Waals surface area contributed by atoms with Crippen molar-refractivity contribution >= 4 is 11.6 Å². The van der Waals surface area contributed by atoms with Gasteiger partial charge in [0, 0.05) is 23.1 Å². The van der Waals surface area contributed by atoms with Gasteiger partial charge in [-0.2, -0.15) is 0 Å². The van der Waals surface area contributed by atoms with Crippen LogP contribution in [0.4, 0.5) is 5.69 Å². The summed E-state index contributed by atoms with van der Waals surface area (Å²) in [6, 6.07) is 6.05. The van der Waals surface area contributed by atoms with E-state index in [4.69, 9.17) is 4.74 Å². The van der Waals surface area contributed by atoms with Crippen LogP contribution in [0.1, 0.15) is 39.2 Å². The quantitative estimate of drug-likeness (QED) is 0.839. The Morgan fingerprint density at radius 2 is 2.11 bits per heavy atom. The minimum absolute atomic E-state index is 0.0286. The molecule has 3 atom stereocenters. The maximum atomic E-state index is 12.0. The highest BCUT2D eigenvalue weighted by atomic mass is 16.5. The normalized spacial score (nSPS) is 27.9. The van der Waals surface area contributed by atoms with Crippen molar-refractivity contribution in [1.29, 1.82) is 0 Å². The number of fused-ring (bicyclic) bond motifs is 3. The molecule has 1 aliphatic carbocycles. The molecule has 1 aromatic carbocycles. The number of nitrogens with one attached hydrogen (secondary N) is 1. The summed E-state index contributed by atoms with van der Waals surface area (Å²) in [4.78, 5) is 12.0. The third-order valence-corrected chi connectivity index (χ3v) is 4.31. The van der Waals surface area contributed by atoms with E-state index in [1.807, 2.05) is 32.9 Å². The fourth-order valence-corrected chi connectivity index (χ4v) is 2.83. The van der Waals surface area contributed by atoms with Gasteiger partial charge in [0.15, 0.2) is 0 Å². The third kappa shape index (κ3) is 2.11. The molecule has 0 spiro atoms. The maximum Gasteiger partial charge on any atom is 0.229 e. The molecular formula is C16H21NO2. The van der Waals surface area contributed by atoms with E-state index in [1.54, 1.807) is 0 Å². The smallest absolute Gasteiger partial charge is 0.229 e. The number of ether oxygens (including phenoxy) is 1. The van der Waals surface area contributed by atoms with Crippen LogP contribution in [0, 0.1) is 17.3 Å². The maximum absolute atomic E-state index is 12.0. The lowest BCUT2D eigenvalue weighted by molar-refractivity contribution is -0.123. The minimum atomic E-state index is -0.382. The predicted molar refractivity (Wildman–Crippen MR) is 75.4 cm³/mol. The van der Waals surface area contributed by atoms with Crippen molar-refractivity contribution in [3.63, 3.8) is 0 Å². The van der Waals surface area contributed by atoms with Gasteiger partial charge in [0.1, 0.15) is 5.75 Å². The Balaban J connectivity index is 1.81. The second-order valence-electron chi connectivity index (χ2n) is 6.82. The van der Waals surface area contributed by atoms with Gasteiger partial charge in [0.2, 0.25) is 5.91 Å². The molecule has 1 heterocycles. The van der Waals surface area contributed by atoms with Gasteiger partial charge in [0.25, 0.3) is 0 Å². The first-order valence-electron chi connectivity index (χ1n) is 6.96. The van der Waals surface area contributed by atoms with Gasteiger partial charge in [-0.15, -0.1) is 0 Å². The van der Waals surface area contributed by atoms with Crippen molar-refractivity contribution < 1.29 is 9.53 Å². The Hall–Kier alpha value is -1.51. The van der Waals surface area contributed by atoms with E-state index >= 15 is 0 Å². The average Bonchev–Trinajstić information content (AvgIpc) is 2.99. The minimum Gasteiger partial charge on any atom is -0.493 e. The number of carbonyl (C=O) groups is 1. The van der Waals surface area contributed by atoms with Crippen LogP contribution in [0.15, 0.2) is 18.2 Å². The summed E-state index contributed by atoms with van der Waals surface area (Å²) in [6.07, 6.45) is 0. The molecule has 1 saturated carbocycles. The zero-order valence-corrected chi connectivity index (χ0v) is 12.0. The third-order valence-electron chi connectivity index (χ3n) is 4.31. The zero-order valence-electron chi connectivity index (χ0n) is 12.0. The number of rotatable bonds is 1. The second-order valence-corrected chi connectivity index (χ2v) is 6.82. The molecule has 2 aliphatic rings. The first kappa shape index (κ1) is 12.5. The molecule has 0 saturated heterocycles. The monoisotopic (exact) mass is 259 g/mol. The van der Waals surface area contributed by atoms with Gasteiger partial charge < -0.3 is 10.1 Å². The molecule has 3 rings (SSSR count). The predicted octanol–water partition coefficient (Wildman–Crippen LogP) is 3.41. The number of hydrogen-bond acceptors (Lipinski definition) is 2. The molecule has 1 fully saturated rings. The van der Waals surface area contributed by atoms with Crippen molar-refractivity contribution in [2.24, 2.45) is 17.3 Å². The van der Waals surface area contributed by atoms with Crippen LogP contribution in [0.2, 0.25) is 0 Å². The van der Waals surface area contributed by atoms with Crippen LogP contribution < -0.4 is 10.1 Å². The van der Waals surface area contributed by atoms with Crippen LogP contribution in [0.3, 0.4) is 0 Å². The van der Waals surface area contributed by atoms with E-state index in [0.717, 1.165) is 24.0 Å². The molecule has 19 heavy (non-hydrogen) atoms. The Labute approximate surface area is 114 Å². The molecule has 3 heteroatoms. The summed E-state index contributed by atoms with van der Waals surface area (Å²) < 4.78 is 5.80. The highest BCUT2D eigenvalue weighted by Crippen LogP contribution is 2.58. The number of hydrogen-bond donors (Lipinski definition) is 1. The molecule has 1 N–H and O–H groups in total. The highest BCUT2D eigenvalue weighted by Gasteiger charge is 2.51. The standard InChI is InChI=1S/C16H21NO2/c1-9-12-8-19-13-7-10(5-6-11(13)14(9)12)17-15(18)16(2,3)4/h5-7,9,12,14H,8H2,1-4H3,(H,17,18). The lowest BCUT2D eigenvalue weighted by Crippen LogP contribution is -2.27. The summed E-state index contributed by atoms with van der Waals surface area (Å²) in [5.74, 6) is 3.06. The van der Waals surface area contributed by atoms with Gasteiger partial charge in [-0.05, 0) is 23.5 Å². The molecule has 0 bridgehead atoms. The first-order chi connectivity index (χ1) is 8.88. The fourth-order valence-electron chi connectivity index (χ4n) is 2.83. The summed E-state index contributed by atoms with van der Waals surface area (Å²) in [6.45, 7) is 8.83. The lowest BCUT2D eigenvalue weighted by atomic mass is 9.95. The van der Waals surface area contributed by atoms with E-state index in [1.165, 1.54) is 5.56 Å². The number of amides is 1. The van der Waals surface area contributed by atoms with Crippen molar-refractivity contribution in [3.05, 3.63) is 23.8 Å². The van der Waals surface area contributed by atoms with Crippen LogP contribution in [0.5, 0.6) is 5.75 Å². The van der Waals surface area contributed by atoms with Gasteiger partial charge in [-0.1, -0.05) is 33.8 Å². The van der Waals surface area contributed by atoms with Gasteiger partial charge >= 0.3 is 0 Å². The van der Waals surface area contributed by atoms with Crippen molar-refractivity contribution in [2.45, 2.75) is 33.6 Å². The number of carbonyl (C=O) groups excluding carboxylic acids is 1. The largest absolute Gasteiger partial charge is 0.493 e. The van der Waals surface area contributed by atoms with Crippen molar-refractivity contribution in [1.82, 2.24) is 0 Å². The van der Waals surface area contributed by atoms with Crippen LogP contribution in [0.25, 0.3) is 0 Å². The van der Waals surface area contributed by atoms with Crippen molar-refractivity contribution in [2.75, 3.05) is 11.9 Å². The first-order valence-corrected chi connectivity index (χ1v) is 6.96. The second kappa shape index (κ2) is 3.99. The van der Waals surface area contributed by atoms with E-state index in [0.29, 0.717) is 11.8 Å². The lowest BCUT2D eigenvalue weighted by Gasteiger charge is -2.20. The molecule has 1 aromatic rings. The van der Waals surface area contributed by atoms with E-state index in [9.17, 15) is 4.79 Å².